The van der Waals surface area contributed by atoms with E-state index in [0.29, 0.717) is 11.3 Å². The Balaban J connectivity index is 1.68. The summed E-state index contributed by atoms with van der Waals surface area (Å²) >= 11 is 0. The van der Waals surface area contributed by atoms with Crippen LogP contribution < -0.4 is 15.4 Å². The monoisotopic (exact) mass is 383 g/mol. The second-order valence-corrected chi connectivity index (χ2v) is 10.8. The van der Waals surface area contributed by atoms with Crippen molar-refractivity contribution in [2.45, 2.75) is 31.8 Å². The Morgan fingerprint density at radius 1 is 1.42 bits per heavy atom. The van der Waals surface area contributed by atoms with E-state index < -0.39 is 22.4 Å². The second-order valence-electron chi connectivity index (χ2n) is 7.29. The number of ether oxygens (including phenoxy) is 1. The summed E-state index contributed by atoms with van der Waals surface area (Å²) < 4.78 is 19.9. The lowest BCUT2D eigenvalue weighted by molar-refractivity contribution is -0.119. The average molecular weight is 383 g/mol. The molecular formula is C18H26FN3O3S. The minimum absolute atomic E-state index is 0.183. The van der Waals surface area contributed by atoms with Crippen molar-refractivity contribution in [1.82, 2.24) is 5.32 Å². The fraction of sp³-hybridized carbons (Fsp3) is 0.556. The topological polar surface area (TPSA) is 84.7 Å². The maximum Gasteiger partial charge on any atom is 0.414 e. The van der Waals surface area contributed by atoms with E-state index in [2.05, 4.69) is 11.6 Å². The first kappa shape index (κ1) is 19.0. The zero-order valence-electron chi connectivity index (χ0n) is 15.2. The number of carbonyl (C=O) groups is 2. The molecule has 3 N–H and O–H groups in total. The molecule has 0 spiro atoms. The number of hydrogen-bond donors (Lipinski definition) is 2. The highest BCUT2D eigenvalue weighted by atomic mass is 32.3. The summed E-state index contributed by atoms with van der Waals surface area (Å²) in [5.41, 5.74) is 1.18. The van der Waals surface area contributed by atoms with Crippen molar-refractivity contribution in [2.24, 2.45) is 5.14 Å². The van der Waals surface area contributed by atoms with Gasteiger partial charge in [-0.2, -0.15) is 10.2 Å². The van der Waals surface area contributed by atoms with Crippen molar-refractivity contribution in [3.8, 4) is 0 Å². The van der Waals surface area contributed by atoms with Crippen molar-refractivity contribution in [1.29, 1.82) is 0 Å². The Hall–Kier alpha value is -1.80. The van der Waals surface area contributed by atoms with Crippen molar-refractivity contribution in [3.05, 3.63) is 29.6 Å². The van der Waals surface area contributed by atoms with Gasteiger partial charge in [-0.3, -0.25) is 14.8 Å². The van der Waals surface area contributed by atoms with E-state index in [0.717, 1.165) is 24.3 Å². The second kappa shape index (κ2) is 7.44. The maximum absolute atomic E-state index is 14.7. The van der Waals surface area contributed by atoms with Crippen molar-refractivity contribution in [2.75, 3.05) is 35.8 Å². The molecule has 1 aromatic rings. The molecule has 2 aliphatic heterocycles. The van der Waals surface area contributed by atoms with E-state index in [1.54, 1.807) is 12.1 Å². The van der Waals surface area contributed by atoms with Crippen LogP contribution >= 0.6 is 10.2 Å². The van der Waals surface area contributed by atoms with Crippen LogP contribution in [0, 0.1) is 5.82 Å². The summed E-state index contributed by atoms with van der Waals surface area (Å²) in [7, 11) is -1.00. The van der Waals surface area contributed by atoms with Crippen LogP contribution in [0.25, 0.3) is 0 Å². The van der Waals surface area contributed by atoms with Crippen molar-refractivity contribution in [3.63, 3.8) is 0 Å². The summed E-state index contributed by atoms with van der Waals surface area (Å²) in [6.07, 6.45) is 2.98. The molecule has 0 aliphatic carbocycles. The van der Waals surface area contributed by atoms with Crippen LogP contribution in [0.1, 0.15) is 31.2 Å². The maximum atomic E-state index is 14.7. The predicted octanol–water partition coefficient (Wildman–Crippen LogP) is 2.47. The molecule has 0 aromatic heterocycles. The van der Waals surface area contributed by atoms with Crippen molar-refractivity contribution >= 4 is 27.9 Å². The zero-order valence-corrected chi connectivity index (χ0v) is 16.0. The molecule has 2 heterocycles. The standard InChI is InChI=1S/C18H26FN3O3S/c1-12(23)21-10-15-11-22(18(24)25-15)14-3-4-16(17(19)9-14)13-5-7-26(2,20)8-6-13/h3-4,9,13,15H,5-8,10-11,20H2,1-2H3,(H,21,23)/t15-/m0/s1. The fourth-order valence-electron chi connectivity index (χ4n) is 3.49. The predicted molar refractivity (Wildman–Crippen MR) is 102 cm³/mol. The van der Waals surface area contributed by atoms with Gasteiger partial charge in [-0.1, -0.05) is 6.07 Å². The smallest absolute Gasteiger partial charge is 0.414 e. The van der Waals surface area contributed by atoms with Gasteiger partial charge < -0.3 is 10.1 Å². The Morgan fingerprint density at radius 3 is 2.73 bits per heavy atom. The average Bonchev–Trinajstić information content (AvgIpc) is 2.94. The molecule has 0 bridgehead atoms. The van der Waals surface area contributed by atoms with Gasteiger partial charge in [-0.25, -0.2) is 9.18 Å². The minimum Gasteiger partial charge on any atom is -0.442 e. The van der Waals surface area contributed by atoms with Crippen LogP contribution in [0.5, 0.6) is 0 Å². The number of cyclic esters (lactones) is 1. The van der Waals surface area contributed by atoms with E-state index in [1.165, 1.54) is 17.9 Å². The van der Waals surface area contributed by atoms with E-state index in [4.69, 9.17) is 9.88 Å². The number of rotatable bonds is 4. The minimum atomic E-state index is -1.00. The Labute approximate surface area is 154 Å². The Kier molecular flexibility index (Phi) is 5.43. The van der Waals surface area contributed by atoms with E-state index in [-0.39, 0.29) is 30.7 Å². The molecule has 2 fully saturated rings. The van der Waals surface area contributed by atoms with Gasteiger partial charge in [-0.05, 0) is 54.2 Å². The largest absolute Gasteiger partial charge is 0.442 e. The molecule has 2 saturated heterocycles. The first-order chi connectivity index (χ1) is 12.2. The third kappa shape index (κ3) is 4.29. The van der Waals surface area contributed by atoms with Crippen LogP contribution in [-0.4, -0.2) is 49.0 Å². The number of amides is 2. The molecule has 26 heavy (non-hydrogen) atoms. The quantitative estimate of drug-likeness (QED) is 0.837. The summed E-state index contributed by atoms with van der Waals surface area (Å²) in [6.45, 7) is 1.94. The highest BCUT2D eigenvalue weighted by molar-refractivity contribution is 8.31. The van der Waals surface area contributed by atoms with Gasteiger partial charge in [0.2, 0.25) is 5.91 Å². The van der Waals surface area contributed by atoms with Crippen LogP contribution in [0.15, 0.2) is 18.2 Å². The molecule has 6 nitrogen and oxygen atoms in total. The number of nitrogens with zero attached hydrogens (tertiary/aromatic N) is 1. The van der Waals surface area contributed by atoms with Crippen LogP contribution in [-0.2, 0) is 9.53 Å². The lowest BCUT2D eigenvalue weighted by Gasteiger charge is -2.39. The number of halogens is 1. The van der Waals surface area contributed by atoms with Gasteiger partial charge in [0, 0.05) is 6.92 Å². The van der Waals surface area contributed by atoms with Gasteiger partial charge in [0.15, 0.2) is 0 Å². The van der Waals surface area contributed by atoms with E-state index in [1.807, 2.05) is 0 Å². The summed E-state index contributed by atoms with van der Waals surface area (Å²) in [5.74, 6) is 1.63. The number of nitrogens with two attached hydrogens (primary N) is 1. The molecular weight excluding hydrogens is 357 g/mol. The number of anilines is 1. The molecule has 0 unspecified atom stereocenters. The molecule has 2 aliphatic rings. The van der Waals surface area contributed by atoms with E-state index >= 15 is 0 Å². The summed E-state index contributed by atoms with van der Waals surface area (Å²) in [4.78, 5) is 24.4. The number of hydrogen-bond acceptors (Lipinski definition) is 4. The van der Waals surface area contributed by atoms with Crippen LogP contribution in [0.3, 0.4) is 0 Å². The zero-order chi connectivity index (χ0) is 18.9. The molecule has 1 atom stereocenters. The van der Waals surface area contributed by atoms with Gasteiger partial charge in [-0.15, -0.1) is 0 Å². The van der Waals surface area contributed by atoms with E-state index in [9.17, 15) is 14.0 Å². The third-order valence-electron chi connectivity index (χ3n) is 5.05. The molecule has 144 valence electrons. The third-order valence-corrected chi connectivity index (χ3v) is 7.39. The Bertz CT molecular complexity index is 703. The normalized spacial score (nSPS) is 31.2. The Morgan fingerprint density at radius 2 is 2.12 bits per heavy atom. The first-order valence-corrected chi connectivity index (χ1v) is 11.2. The van der Waals surface area contributed by atoms with Crippen LogP contribution in [0.2, 0.25) is 0 Å². The SMILES string of the molecule is CC(=O)NC[C@H]1CN(c2ccc(C3CCS(C)(N)CC3)c(F)c2)C(=O)O1. The number of benzene rings is 1. The molecule has 3 rings (SSSR count). The van der Waals surface area contributed by atoms with Gasteiger partial charge in [0.1, 0.15) is 11.9 Å². The molecule has 0 saturated carbocycles. The summed E-state index contributed by atoms with van der Waals surface area (Å²) in [5, 5.41) is 8.86. The number of carbonyl (C=O) groups excluding carboxylic acids is 2. The molecule has 8 heteroatoms. The lowest BCUT2D eigenvalue weighted by atomic mass is 9.93. The summed E-state index contributed by atoms with van der Waals surface area (Å²) in [6, 6.07) is 4.95. The van der Waals surface area contributed by atoms with Crippen LogP contribution in [0.4, 0.5) is 14.9 Å². The fourth-order valence-corrected chi connectivity index (χ4v) is 5.34. The number of nitrogens with one attached hydrogen (secondary N) is 1. The van der Waals surface area contributed by atoms with Crippen molar-refractivity contribution < 1.29 is 18.7 Å². The van der Waals surface area contributed by atoms with Gasteiger partial charge in [0.05, 0.1) is 18.8 Å². The first-order valence-electron chi connectivity index (χ1n) is 8.79. The molecule has 2 amide bonds. The molecule has 0 radical (unpaired) electrons. The van der Waals surface area contributed by atoms with Gasteiger partial charge in [0.25, 0.3) is 0 Å². The molecule has 1 aromatic carbocycles. The highest BCUT2D eigenvalue weighted by Crippen LogP contribution is 2.46. The highest BCUT2D eigenvalue weighted by Gasteiger charge is 2.33. The van der Waals surface area contributed by atoms with Gasteiger partial charge >= 0.3 is 6.09 Å². The lowest BCUT2D eigenvalue weighted by Crippen LogP contribution is -2.33.